The second-order valence-corrected chi connectivity index (χ2v) is 12.2. The summed E-state index contributed by atoms with van der Waals surface area (Å²) >= 11 is 0. The number of nitrogens with two attached hydrogens (primary N) is 1. The Bertz CT molecular complexity index is 1810. The highest BCUT2D eigenvalue weighted by molar-refractivity contribution is 7.93. The number of aryl methyl sites for hydroxylation is 1. The van der Waals surface area contributed by atoms with E-state index in [1.807, 2.05) is 4.72 Å². The summed E-state index contributed by atoms with van der Waals surface area (Å²) in [7, 11) is -1.15. The third-order valence-corrected chi connectivity index (χ3v) is 8.38. The second kappa shape index (κ2) is 12.1. The van der Waals surface area contributed by atoms with E-state index in [1.165, 1.54) is 42.5 Å². The number of pyridine rings is 1. The van der Waals surface area contributed by atoms with Gasteiger partial charge in [-0.15, -0.1) is 0 Å². The fourth-order valence-corrected chi connectivity index (χ4v) is 5.57. The summed E-state index contributed by atoms with van der Waals surface area (Å²) in [6.07, 6.45) is 2.88. The first kappa shape index (κ1) is 30.2. The topological polar surface area (TPSA) is 115 Å². The van der Waals surface area contributed by atoms with E-state index < -0.39 is 27.7 Å². The van der Waals surface area contributed by atoms with Crippen LogP contribution in [0.2, 0.25) is 0 Å². The molecule has 2 aromatic carbocycles. The summed E-state index contributed by atoms with van der Waals surface area (Å²) in [5.41, 5.74) is 8.94. The van der Waals surface area contributed by atoms with E-state index in [0.717, 1.165) is 25.9 Å². The summed E-state index contributed by atoms with van der Waals surface area (Å²) in [6, 6.07) is 9.87. The molecule has 0 aliphatic carbocycles. The number of nitrogens with zero attached hydrogens (tertiary/aromatic N) is 4. The number of hydrogen-bond acceptors (Lipinski definition) is 7. The number of ether oxygens (including phenoxy) is 1. The van der Waals surface area contributed by atoms with Gasteiger partial charge >= 0.3 is 5.76 Å². The van der Waals surface area contributed by atoms with Crippen molar-refractivity contribution in [2.24, 2.45) is 13.0 Å². The van der Waals surface area contributed by atoms with Gasteiger partial charge in [-0.2, -0.15) is 13.9 Å². The number of nitrogens with one attached hydrogen (secondary N) is 1. The van der Waals surface area contributed by atoms with Crippen LogP contribution in [0.5, 0.6) is 5.75 Å². The molecular formula is C30H31F3N6O3S. The Morgan fingerprint density at radius 2 is 1.81 bits per heavy atom. The smallest absolute Gasteiger partial charge is 0.355 e. The zero-order valence-electron chi connectivity index (χ0n) is 23.8. The van der Waals surface area contributed by atoms with Crippen molar-refractivity contribution in [1.29, 1.82) is 0 Å². The first-order chi connectivity index (χ1) is 20.4. The van der Waals surface area contributed by atoms with Crippen LogP contribution >= 0.6 is 0 Å². The lowest BCUT2D eigenvalue weighted by atomic mass is 9.97. The normalized spacial score (nSPS) is 15.3. The molecular weight excluding hydrogens is 581 g/mol. The van der Waals surface area contributed by atoms with Crippen LogP contribution in [0, 0.1) is 23.6 Å². The lowest BCUT2D eigenvalue weighted by molar-refractivity contribution is 0.228. The van der Waals surface area contributed by atoms with Crippen molar-refractivity contribution < 1.29 is 26.3 Å². The molecule has 1 aliphatic rings. The van der Waals surface area contributed by atoms with Gasteiger partial charge < -0.3 is 15.4 Å². The Balaban J connectivity index is 1.57. The number of rotatable bonds is 7. The molecule has 0 amide bonds. The van der Waals surface area contributed by atoms with Gasteiger partial charge in [0, 0.05) is 24.7 Å². The maximum absolute atomic E-state index is 13.5. The zero-order valence-corrected chi connectivity index (χ0v) is 24.6. The van der Waals surface area contributed by atoms with Gasteiger partial charge in [-0.3, -0.25) is 9.40 Å². The van der Waals surface area contributed by atoms with Crippen LogP contribution in [0.1, 0.15) is 37.0 Å². The van der Waals surface area contributed by atoms with Crippen LogP contribution in [-0.2, 0) is 17.1 Å². The minimum atomic E-state index is -5.00. The fourth-order valence-electron chi connectivity index (χ4n) is 5.00. The number of hydrogen-bond donors (Lipinski definition) is 2. The standard InChI is InChI=1S/C30H31F3N6O3S/c1-18(20-6-9-23(31)10-7-20)42-25-16-21(8-11-24(25)37-43(40,41)30(32)33)27-26-28(39(3)36-27)22(17-35-29(26)34)5-4-19-12-14-38(2)15-13-19/h6-11,16-19,30,37H,12-15H2,1-3H3,(H2,34,35)/t18-/m0/s1. The summed E-state index contributed by atoms with van der Waals surface area (Å²) in [5.74, 6) is 2.98. The fraction of sp³-hybridized carbons (Fsp3) is 0.333. The molecule has 3 N–H and O–H groups in total. The number of alkyl halides is 2. The van der Waals surface area contributed by atoms with Crippen molar-refractivity contribution in [3.05, 3.63) is 65.6 Å². The third-order valence-electron chi connectivity index (χ3n) is 7.41. The first-order valence-electron chi connectivity index (χ1n) is 13.6. The lowest BCUT2D eigenvalue weighted by Gasteiger charge is -2.25. The monoisotopic (exact) mass is 612 g/mol. The van der Waals surface area contributed by atoms with E-state index in [2.05, 4.69) is 33.9 Å². The molecule has 1 saturated heterocycles. The van der Waals surface area contributed by atoms with Crippen LogP contribution in [0.3, 0.4) is 0 Å². The molecule has 1 atom stereocenters. The number of likely N-dealkylation sites (tertiary alicyclic amines) is 1. The Kier molecular flexibility index (Phi) is 8.52. The van der Waals surface area contributed by atoms with Crippen molar-refractivity contribution >= 4 is 32.4 Å². The van der Waals surface area contributed by atoms with Crippen LogP contribution in [0.15, 0.2) is 48.7 Å². The van der Waals surface area contributed by atoms with Gasteiger partial charge in [0.05, 0.1) is 22.2 Å². The quantitative estimate of drug-likeness (QED) is 0.277. The molecule has 13 heteroatoms. The molecule has 1 aliphatic heterocycles. The number of anilines is 2. The molecule has 226 valence electrons. The molecule has 0 saturated carbocycles. The highest BCUT2D eigenvalue weighted by atomic mass is 32.2. The van der Waals surface area contributed by atoms with Crippen LogP contribution in [0.25, 0.3) is 22.2 Å². The van der Waals surface area contributed by atoms with Gasteiger partial charge in [0.25, 0.3) is 10.0 Å². The Hall–Kier alpha value is -4.28. The maximum atomic E-state index is 13.5. The molecule has 43 heavy (non-hydrogen) atoms. The Labute approximate surface area is 247 Å². The number of halogens is 3. The summed E-state index contributed by atoms with van der Waals surface area (Å²) in [6.45, 7) is 3.63. The molecule has 4 aromatic rings. The molecule has 0 bridgehead atoms. The van der Waals surface area contributed by atoms with Gasteiger partial charge in [0.1, 0.15) is 29.2 Å². The number of benzene rings is 2. The highest BCUT2D eigenvalue weighted by Crippen LogP contribution is 2.38. The molecule has 0 radical (unpaired) electrons. The summed E-state index contributed by atoms with van der Waals surface area (Å²) in [5, 5.41) is 5.21. The second-order valence-electron chi connectivity index (χ2n) is 10.5. The minimum absolute atomic E-state index is 0.0397. The Morgan fingerprint density at radius 1 is 1.12 bits per heavy atom. The van der Waals surface area contributed by atoms with E-state index in [1.54, 1.807) is 24.9 Å². The number of aromatic nitrogens is 3. The summed E-state index contributed by atoms with van der Waals surface area (Å²) in [4.78, 5) is 6.64. The van der Waals surface area contributed by atoms with Crippen LogP contribution in [0.4, 0.5) is 24.7 Å². The number of sulfonamides is 1. The molecule has 0 unspecified atom stereocenters. The molecule has 9 nitrogen and oxygen atoms in total. The van der Waals surface area contributed by atoms with E-state index >= 15 is 0 Å². The van der Waals surface area contributed by atoms with Crippen LogP contribution in [-0.4, -0.2) is 54.0 Å². The van der Waals surface area contributed by atoms with Gasteiger partial charge in [-0.25, -0.2) is 17.8 Å². The zero-order chi connectivity index (χ0) is 30.9. The molecule has 2 aromatic heterocycles. The molecule has 0 spiro atoms. The van der Waals surface area contributed by atoms with Gasteiger partial charge in [-0.1, -0.05) is 30.0 Å². The SMILES string of the molecule is C[C@H](Oc1cc(-c2nn(C)c3c(C#CC4CCN(C)CC4)cnc(N)c23)ccc1NS(=O)(=O)C(F)F)c1ccc(F)cc1. The Morgan fingerprint density at radius 3 is 2.49 bits per heavy atom. The average Bonchev–Trinajstić information content (AvgIpc) is 3.32. The molecule has 5 rings (SSSR count). The van der Waals surface area contributed by atoms with Gasteiger partial charge in [0.15, 0.2) is 0 Å². The average molecular weight is 613 g/mol. The van der Waals surface area contributed by atoms with Crippen molar-refractivity contribution in [3.8, 4) is 28.8 Å². The predicted molar refractivity (Wildman–Crippen MR) is 159 cm³/mol. The highest BCUT2D eigenvalue weighted by Gasteiger charge is 2.27. The van der Waals surface area contributed by atoms with Crippen molar-refractivity contribution in [2.45, 2.75) is 31.6 Å². The first-order valence-corrected chi connectivity index (χ1v) is 15.1. The van der Waals surface area contributed by atoms with Crippen molar-refractivity contribution in [2.75, 3.05) is 30.6 Å². The third kappa shape index (κ3) is 6.55. The van der Waals surface area contributed by atoms with E-state index in [-0.39, 0.29) is 23.2 Å². The number of nitrogen functional groups attached to an aromatic ring is 1. The van der Waals surface area contributed by atoms with Crippen molar-refractivity contribution in [1.82, 2.24) is 19.7 Å². The molecule has 1 fully saturated rings. The van der Waals surface area contributed by atoms with E-state index in [0.29, 0.717) is 33.3 Å². The lowest BCUT2D eigenvalue weighted by Crippen LogP contribution is -2.29. The maximum Gasteiger partial charge on any atom is 0.355 e. The van der Waals surface area contributed by atoms with Crippen molar-refractivity contribution in [3.63, 3.8) is 0 Å². The van der Waals surface area contributed by atoms with E-state index in [4.69, 9.17) is 10.5 Å². The molecule has 3 heterocycles. The largest absolute Gasteiger partial charge is 0.484 e. The minimum Gasteiger partial charge on any atom is -0.484 e. The van der Waals surface area contributed by atoms with Crippen LogP contribution < -0.4 is 15.2 Å². The number of piperidine rings is 1. The predicted octanol–water partition coefficient (Wildman–Crippen LogP) is 5.15. The van der Waals surface area contributed by atoms with Gasteiger partial charge in [0.2, 0.25) is 0 Å². The van der Waals surface area contributed by atoms with Gasteiger partial charge in [-0.05, 0) is 69.7 Å². The summed E-state index contributed by atoms with van der Waals surface area (Å²) < 4.78 is 73.6. The van der Waals surface area contributed by atoms with E-state index in [9.17, 15) is 21.6 Å². The number of fused-ring (bicyclic) bond motifs is 1.